The molecule has 6 heteroatoms. The molecule has 1 saturated heterocycles. The molecule has 2 aromatic carbocycles. The molecule has 0 aliphatic carbocycles. The van der Waals surface area contributed by atoms with Crippen molar-refractivity contribution in [3.05, 3.63) is 48.0 Å². The zero-order valence-electron chi connectivity index (χ0n) is 15.0. The van der Waals surface area contributed by atoms with Gasteiger partial charge in [-0.3, -0.25) is 4.79 Å². The van der Waals surface area contributed by atoms with Crippen LogP contribution in [0.2, 0.25) is 0 Å². The molecule has 2 aromatic rings. The zero-order chi connectivity index (χ0) is 18.5. The molecule has 2 N–H and O–H groups in total. The van der Waals surface area contributed by atoms with Gasteiger partial charge in [-0.2, -0.15) is 0 Å². The van der Waals surface area contributed by atoms with E-state index >= 15 is 0 Å². The molecule has 0 atom stereocenters. The fourth-order valence-corrected chi connectivity index (χ4v) is 3.21. The Morgan fingerprint density at radius 3 is 2.46 bits per heavy atom. The molecule has 0 radical (unpaired) electrons. The predicted octanol–water partition coefficient (Wildman–Crippen LogP) is 4.33. The first-order valence-corrected chi connectivity index (χ1v) is 9.11. The molecule has 0 saturated carbocycles. The highest BCUT2D eigenvalue weighted by Crippen LogP contribution is 2.33. The summed E-state index contributed by atoms with van der Waals surface area (Å²) in [5.74, 6) is 0.815. The number of carbonyl (C=O) groups excluding carboxylic acids is 1. The second-order valence-corrected chi connectivity index (χ2v) is 6.74. The molecule has 5 nitrogen and oxygen atoms in total. The van der Waals surface area contributed by atoms with Crippen molar-refractivity contribution in [2.24, 2.45) is 0 Å². The molecule has 0 unspecified atom stereocenters. The zero-order valence-corrected chi connectivity index (χ0v) is 15.9. The van der Waals surface area contributed by atoms with Crippen LogP contribution in [0.15, 0.2) is 42.5 Å². The van der Waals surface area contributed by atoms with Crippen LogP contribution >= 0.6 is 12.2 Å². The highest BCUT2D eigenvalue weighted by atomic mass is 32.1. The quantitative estimate of drug-likeness (QED) is 0.786. The third-order valence-electron chi connectivity index (χ3n) is 4.36. The Morgan fingerprint density at radius 1 is 1.08 bits per heavy atom. The second kappa shape index (κ2) is 8.19. The number of amides is 1. The van der Waals surface area contributed by atoms with E-state index in [2.05, 4.69) is 10.6 Å². The second-order valence-electron chi connectivity index (χ2n) is 6.33. The first-order chi connectivity index (χ1) is 12.6. The van der Waals surface area contributed by atoms with Crippen molar-refractivity contribution >= 4 is 40.3 Å². The van der Waals surface area contributed by atoms with E-state index in [0.717, 1.165) is 29.9 Å². The minimum absolute atomic E-state index is 0.132. The molecule has 1 amide bonds. The lowest BCUT2D eigenvalue weighted by Gasteiger charge is -2.28. The van der Waals surface area contributed by atoms with Crippen molar-refractivity contribution in [2.45, 2.75) is 26.2 Å². The summed E-state index contributed by atoms with van der Waals surface area (Å²) in [7, 11) is 1.62. The van der Waals surface area contributed by atoms with E-state index in [1.165, 1.54) is 5.56 Å². The summed E-state index contributed by atoms with van der Waals surface area (Å²) in [4.78, 5) is 14.1. The number of carbonyl (C=O) groups is 1. The number of thiocarbonyl (C=S) groups is 1. The third kappa shape index (κ3) is 4.32. The van der Waals surface area contributed by atoms with Crippen molar-refractivity contribution in [3.63, 3.8) is 0 Å². The summed E-state index contributed by atoms with van der Waals surface area (Å²) in [6.45, 7) is 2.76. The van der Waals surface area contributed by atoms with Crippen LogP contribution in [0.4, 0.5) is 17.1 Å². The Balaban J connectivity index is 1.75. The van der Waals surface area contributed by atoms with Crippen molar-refractivity contribution < 1.29 is 9.53 Å². The largest absolute Gasteiger partial charge is 0.495 e. The van der Waals surface area contributed by atoms with Crippen molar-refractivity contribution in [3.8, 4) is 5.75 Å². The molecule has 1 heterocycles. The van der Waals surface area contributed by atoms with E-state index in [0.29, 0.717) is 23.8 Å². The van der Waals surface area contributed by atoms with Crippen molar-refractivity contribution in [1.29, 1.82) is 0 Å². The highest BCUT2D eigenvalue weighted by molar-refractivity contribution is 7.80. The fraction of sp³-hybridized carbons (Fsp3) is 0.300. The van der Waals surface area contributed by atoms with Gasteiger partial charge in [0.1, 0.15) is 5.75 Å². The number of ether oxygens (including phenoxy) is 1. The number of nitrogens with one attached hydrogen (secondary N) is 2. The number of piperidine rings is 1. The van der Waals surface area contributed by atoms with Crippen molar-refractivity contribution in [1.82, 2.24) is 0 Å². The van der Waals surface area contributed by atoms with Crippen LogP contribution in [-0.4, -0.2) is 24.7 Å². The summed E-state index contributed by atoms with van der Waals surface area (Å²) >= 11 is 5.40. The van der Waals surface area contributed by atoms with Gasteiger partial charge in [0.25, 0.3) is 0 Å². The molecular weight excluding hydrogens is 346 g/mol. The lowest BCUT2D eigenvalue weighted by molar-refractivity contribution is -0.119. The molecule has 26 heavy (non-hydrogen) atoms. The number of aryl methyl sites for hydroxylation is 1. The number of hydrogen-bond acceptors (Lipinski definition) is 3. The predicted molar refractivity (Wildman–Crippen MR) is 110 cm³/mol. The van der Waals surface area contributed by atoms with Crippen LogP contribution < -0.4 is 20.3 Å². The van der Waals surface area contributed by atoms with Gasteiger partial charge in [-0.25, -0.2) is 0 Å². The summed E-state index contributed by atoms with van der Waals surface area (Å²) in [5, 5.41) is 6.84. The number of rotatable bonds is 4. The van der Waals surface area contributed by atoms with Crippen LogP contribution in [0.5, 0.6) is 5.75 Å². The maximum Gasteiger partial charge on any atom is 0.227 e. The first kappa shape index (κ1) is 18.2. The third-order valence-corrected chi connectivity index (χ3v) is 4.56. The van der Waals surface area contributed by atoms with Crippen LogP contribution in [0.25, 0.3) is 0 Å². The summed E-state index contributed by atoms with van der Waals surface area (Å²) < 4.78 is 5.44. The Hall–Kier alpha value is -2.60. The van der Waals surface area contributed by atoms with E-state index < -0.39 is 0 Å². The van der Waals surface area contributed by atoms with E-state index in [4.69, 9.17) is 17.0 Å². The van der Waals surface area contributed by atoms with Gasteiger partial charge < -0.3 is 20.3 Å². The maximum absolute atomic E-state index is 12.3. The SMILES string of the molecule is COc1ccc(NC(=S)Nc2ccc(C)cc2)cc1N1CCCCC1=O. The van der Waals surface area contributed by atoms with Gasteiger partial charge in [0, 0.05) is 24.3 Å². The Labute approximate surface area is 159 Å². The number of anilines is 3. The van der Waals surface area contributed by atoms with Gasteiger partial charge >= 0.3 is 0 Å². The first-order valence-electron chi connectivity index (χ1n) is 8.70. The molecule has 0 spiro atoms. The van der Waals surface area contributed by atoms with E-state index in [-0.39, 0.29) is 5.91 Å². The minimum Gasteiger partial charge on any atom is -0.495 e. The van der Waals surface area contributed by atoms with E-state index in [1.807, 2.05) is 49.4 Å². The number of methoxy groups -OCH3 is 1. The molecule has 1 fully saturated rings. The normalized spacial score (nSPS) is 14.1. The van der Waals surface area contributed by atoms with Crippen molar-refractivity contribution in [2.75, 3.05) is 29.2 Å². The minimum atomic E-state index is 0.132. The lowest BCUT2D eigenvalue weighted by atomic mass is 10.1. The monoisotopic (exact) mass is 369 g/mol. The van der Waals surface area contributed by atoms with Gasteiger partial charge in [-0.1, -0.05) is 17.7 Å². The van der Waals surface area contributed by atoms with E-state index in [9.17, 15) is 4.79 Å². The topological polar surface area (TPSA) is 53.6 Å². The fourth-order valence-electron chi connectivity index (χ4n) is 2.97. The number of hydrogen-bond donors (Lipinski definition) is 2. The standard InChI is InChI=1S/C20H23N3O2S/c1-14-6-8-15(9-7-14)21-20(26)22-16-10-11-18(25-2)17(13-16)23-12-4-3-5-19(23)24/h6-11,13H,3-5,12H2,1-2H3,(H2,21,22,26). The Kier molecular flexibility index (Phi) is 5.73. The summed E-state index contributed by atoms with van der Waals surface area (Å²) in [6.07, 6.45) is 2.52. The molecule has 1 aliphatic rings. The molecule has 136 valence electrons. The van der Waals surface area contributed by atoms with Crippen LogP contribution in [0.3, 0.4) is 0 Å². The van der Waals surface area contributed by atoms with Crippen LogP contribution in [-0.2, 0) is 4.79 Å². The van der Waals surface area contributed by atoms with Gasteiger partial charge in [-0.05, 0) is 62.3 Å². The maximum atomic E-state index is 12.3. The smallest absolute Gasteiger partial charge is 0.227 e. The molecule has 0 aromatic heterocycles. The van der Waals surface area contributed by atoms with Gasteiger partial charge in [-0.15, -0.1) is 0 Å². The highest BCUT2D eigenvalue weighted by Gasteiger charge is 2.22. The Morgan fingerprint density at radius 2 is 1.77 bits per heavy atom. The average Bonchev–Trinajstić information content (AvgIpc) is 2.64. The van der Waals surface area contributed by atoms with Gasteiger partial charge in [0.2, 0.25) is 5.91 Å². The number of nitrogens with zero attached hydrogens (tertiary/aromatic N) is 1. The van der Waals surface area contributed by atoms with Crippen LogP contribution in [0, 0.1) is 6.92 Å². The van der Waals surface area contributed by atoms with E-state index in [1.54, 1.807) is 12.0 Å². The summed E-state index contributed by atoms with van der Waals surface area (Å²) in [6, 6.07) is 13.7. The number of benzene rings is 2. The van der Waals surface area contributed by atoms with Crippen LogP contribution in [0.1, 0.15) is 24.8 Å². The lowest BCUT2D eigenvalue weighted by Crippen LogP contribution is -2.35. The Bertz CT molecular complexity index is 805. The molecule has 0 bridgehead atoms. The molecule has 3 rings (SSSR count). The average molecular weight is 369 g/mol. The van der Waals surface area contributed by atoms with Gasteiger partial charge in [0.15, 0.2) is 5.11 Å². The van der Waals surface area contributed by atoms with Gasteiger partial charge in [0.05, 0.1) is 12.8 Å². The molecular formula is C20H23N3O2S. The molecule has 1 aliphatic heterocycles. The summed E-state index contributed by atoms with van der Waals surface area (Å²) in [5.41, 5.74) is 3.71.